The third kappa shape index (κ3) is 9.02. The standard InChI is InChI=1S/C8H13N.C2H6/c1-4-7(3)6-8(9)5-2;1-2/h4-6H,1,9H2,2-3H3;1-2H3/b7-6-,8-5+;. The second-order valence-corrected chi connectivity index (χ2v) is 1.88. The van der Waals surface area contributed by atoms with Gasteiger partial charge in [0, 0.05) is 5.70 Å². The van der Waals surface area contributed by atoms with Crippen LogP contribution in [-0.2, 0) is 0 Å². The van der Waals surface area contributed by atoms with Gasteiger partial charge in [0.25, 0.3) is 0 Å². The Morgan fingerprint density at radius 2 is 1.82 bits per heavy atom. The Labute approximate surface area is 70.3 Å². The van der Waals surface area contributed by atoms with Gasteiger partial charge >= 0.3 is 0 Å². The zero-order chi connectivity index (χ0) is 9.28. The van der Waals surface area contributed by atoms with E-state index < -0.39 is 0 Å². The molecule has 11 heavy (non-hydrogen) atoms. The van der Waals surface area contributed by atoms with E-state index in [-0.39, 0.29) is 0 Å². The Kier molecular flexibility index (Phi) is 10.4. The first-order chi connectivity index (χ1) is 5.20. The second-order valence-electron chi connectivity index (χ2n) is 1.88. The summed E-state index contributed by atoms with van der Waals surface area (Å²) >= 11 is 0. The normalized spacial score (nSPS) is 11.6. The smallest absolute Gasteiger partial charge is 0.0273 e. The first-order valence-electron chi connectivity index (χ1n) is 3.93. The molecule has 0 rings (SSSR count). The molecule has 2 N–H and O–H groups in total. The summed E-state index contributed by atoms with van der Waals surface area (Å²) in [6, 6.07) is 0. The van der Waals surface area contributed by atoms with Crippen LogP contribution in [0.2, 0.25) is 0 Å². The van der Waals surface area contributed by atoms with Crippen LogP contribution >= 0.6 is 0 Å². The third-order valence-electron chi connectivity index (χ3n) is 1.05. The maximum absolute atomic E-state index is 5.49. The Hall–Kier alpha value is -0.980. The molecule has 0 aromatic rings. The fourth-order valence-corrected chi connectivity index (χ4v) is 0.405. The molecule has 0 aromatic heterocycles. The largest absolute Gasteiger partial charge is 0.399 e. The highest BCUT2D eigenvalue weighted by Gasteiger charge is 1.80. The topological polar surface area (TPSA) is 26.0 Å². The summed E-state index contributed by atoms with van der Waals surface area (Å²) in [6.07, 6.45) is 5.51. The average Bonchev–Trinajstić information content (AvgIpc) is 2.07. The minimum atomic E-state index is 0.785. The van der Waals surface area contributed by atoms with Gasteiger partial charge in [0.05, 0.1) is 0 Å². The van der Waals surface area contributed by atoms with Gasteiger partial charge in [-0.25, -0.2) is 0 Å². The fraction of sp³-hybridized carbons (Fsp3) is 0.400. The molecule has 0 amide bonds. The van der Waals surface area contributed by atoms with Gasteiger partial charge in [-0.3, -0.25) is 0 Å². The quantitative estimate of drug-likeness (QED) is 0.606. The van der Waals surface area contributed by atoms with Gasteiger partial charge in [-0.15, -0.1) is 0 Å². The van der Waals surface area contributed by atoms with Crippen molar-refractivity contribution in [3.8, 4) is 0 Å². The maximum Gasteiger partial charge on any atom is 0.0273 e. The van der Waals surface area contributed by atoms with Gasteiger partial charge in [-0.2, -0.15) is 0 Å². The van der Waals surface area contributed by atoms with Crippen molar-refractivity contribution in [1.29, 1.82) is 0 Å². The fourth-order valence-electron chi connectivity index (χ4n) is 0.405. The van der Waals surface area contributed by atoms with E-state index in [4.69, 9.17) is 5.73 Å². The number of nitrogens with two attached hydrogens (primary N) is 1. The highest BCUT2D eigenvalue weighted by atomic mass is 14.5. The number of rotatable bonds is 2. The molecule has 0 aromatic carbocycles. The average molecular weight is 153 g/mol. The molecule has 0 fully saturated rings. The molecule has 0 bridgehead atoms. The molecule has 0 atom stereocenters. The lowest BCUT2D eigenvalue weighted by Crippen LogP contribution is -1.91. The minimum absolute atomic E-state index is 0.785. The molecule has 0 aliphatic heterocycles. The van der Waals surface area contributed by atoms with E-state index in [0.29, 0.717) is 0 Å². The summed E-state index contributed by atoms with van der Waals surface area (Å²) in [5.74, 6) is 0. The summed E-state index contributed by atoms with van der Waals surface area (Å²) in [4.78, 5) is 0. The molecule has 0 heterocycles. The van der Waals surface area contributed by atoms with Crippen molar-refractivity contribution in [2.24, 2.45) is 5.73 Å². The van der Waals surface area contributed by atoms with Crippen molar-refractivity contribution < 1.29 is 0 Å². The zero-order valence-corrected chi connectivity index (χ0v) is 8.02. The SMILES string of the molecule is C=C/C(C)=C\C(N)=C/C.CC. The molecule has 0 spiro atoms. The molecule has 0 saturated heterocycles. The van der Waals surface area contributed by atoms with Crippen LogP contribution in [0.1, 0.15) is 27.7 Å². The Morgan fingerprint density at radius 1 is 1.36 bits per heavy atom. The first-order valence-corrected chi connectivity index (χ1v) is 3.93. The van der Waals surface area contributed by atoms with E-state index in [1.807, 2.05) is 39.8 Å². The first kappa shape index (κ1) is 12.7. The summed E-state index contributed by atoms with van der Waals surface area (Å²) in [5.41, 5.74) is 7.36. The van der Waals surface area contributed by atoms with Crippen LogP contribution in [0.5, 0.6) is 0 Å². The van der Waals surface area contributed by atoms with E-state index in [9.17, 15) is 0 Å². The van der Waals surface area contributed by atoms with Crippen LogP contribution in [0.15, 0.2) is 36.1 Å². The van der Waals surface area contributed by atoms with Crippen molar-refractivity contribution in [3.63, 3.8) is 0 Å². The third-order valence-corrected chi connectivity index (χ3v) is 1.05. The van der Waals surface area contributed by atoms with Crippen LogP contribution in [0, 0.1) is 0 Å². The lowest BCUT2D eigenvalue weighted by Gasteiger charge is -1.90. The van der Waals surface area contributed by atoms with E-state index in [1.165, 1.54) is 0 Å². The van der Waals surface area contributed by atoms with Crippen LogP contribution in [0.25, 0.3) is 0 Å². The lowest BCUT2D eigenvalue weighted by atomic mass is 10.2. The van der Waals surface area contributed by atoms with Crippen molar-refractivity contribution in [3.05, 3.63) is 36.1 Å². The minimum Gasteiger partial charge on any atom is -0.399 e. The van der Waals surface area contributed by atoms with Gasteiger partial charge in [0.15, 0.2) is 0 Å². The summed E-state index contributed by atoms with van der Waals surface area (Å²) < 4.78 is 0. The van der Waals surface area contributed by atoms with Crippen LogP contribution < -0.4 is 5.73 Å². The zero-order valence-electron chi connectivity index (χ0n) is 8.02. The molecule has 0 radical (unpaired) electrons. The van der Waals surface area contributed by atoms with Crippen molar-refractivity contribution in [1.82, 2.24) is 0 Å². The molecule has 0 aliphatic carbocycles. The highest BCUT2D eigenvalue weighted by molar-refractivity contribution is 5.24. The van der Waals surface area contributed by atoms with E-state index in [1.54, 1.807) is 6.08 Å². The molecule has 1 heteroatoms. The van der Waals surface area contributed by atoms with Gasteiger partial charge in [0.2, 0.25) is 0 Å². The summed E-state index contributed by atoms with van der Waals surface area (Å²) in [5, 5.41) is 0. The maximum atomic E-state index is 5.49. The summed E-state index contributed by atoms with van der Waals surface area (Å²) in [6.45, 7) is 11.5. The number of hydrogen-bond acceptors (Lipinski definition) is 1. The predicted molar refractivity (Wildman–Crippen MR) is 53.2 cm³/mol. The Bertz CT molecular complexity index is 152. The van der Waals surface area contributed by atoms with Crippen LogP contribution in [0.4, 0.5) is 0 Å². The molecular weight excluding hydrogens is 134 g/mol. The van der Waals surface area contributed by atoms with Crippen LogP contribution in [0.3, 0.4) is 0 Å². The van der Waals surface area contributed by atoms with Gasteiger partial charge in [-0.1, -0.05) is 32.6 Å². The lowest BCUT2D eigenvalue weighted by molar-refractivity contribution is 1.36. The Morgan fingerprint density at radius 3 is 2.09 bits per heavy atom. The van der Waals surface area contributed by atoms with E-state index in [0.717, 1.165) is 11.3 Å². The van der Waals surface area contributed by atoms with Gasteiger partial charge < -0.3 is 5.73 Å². The summed E-state index contributed by atoms with van der Waals surface area (Å²) in [7, 11) is 0. The molecule has 64 valence electrons. The van der Waals surface area contributed by atoms with Gasteiger partial charge in [0.1, 0.15) is 0 Å². The van der Waals surface area contributed by atoms with Crippen molar-refractivity contribution in [2.75, 3.05) is 0 Å². The monoisotopic (exact) mass is 153 g/mol. The molecule has 0 saturated carbocycles. The van der Waals surface area contributed by atoms with Crippen LogP contribution in [-0.4, -0.2) is 0 Å². The number of hydrogen-bond donors (Lipinski definition) is 1. The Balaban J connectivity index is 0. The van der Waals surface area contributed by atoms with Gasteiger partial charge in [-0.05, 0) is 25.5 Å². The second kappa shape index (κ2) is 9.02. The van der Waals surface area contributed by atoms with E-state index >= 15 is 0 Å². The van der Waals surface area contributed by atoms with Crippen molar-refractivity contribution >= 4 is 0 Å². The molecular formula is C10H19N. The van der Waals surface area contributed by atoms with E-state index in [2.05, 4.69) is 6.58 Å². The molecule has 1 nitrogen and oxygen atoms in total. The van der Waals surface area contributed by atoms with Crippen molar-refractivity contribution in [2.45, 2.75) is 27.7 Å². The number of allylic oxidation sites excluding steroid dienone is 4. The molecule has 0 unspecified atom stereocenters. The highest BCUT2D eigenvalue weighted by Crippen LogP contribution is 1.96. The predicted octanol–water partition coefficient (Wildman–Crippen LogP) is 3.01. The molecule has 0 aliphatic rings.